The van der Waals surface area contributed by atoms with Crippen molar-refractivity contribution in [1.29, 1.82) is 0 Å². The van der Waals surface area contributed by atoms with Crippen molar-refractivity contribution in [2.75, 3.05) is 6.61 Å². The van der Waals surface area contributed by atoms with Crippen molar-refractivity contribution in [2.45, 2.75) is 32.4 Å². The molecule has 0 aliphatic heterocycles. The third-order valence-electron chi connectivity index (χ3n) is 7.12. The van der Waals surface area contributed by atoms with Crippen molar-refractivity contribution in [2.24, 2.45) is 0 Å². The highest BCUT2D eigenvalue weighted by Crippen LogP contribution is 2.38. The van der Waals surface area contributed by atoms with E-state index < -0.39 is 12.6 Å². The molecule has 8 heteroatoms. The Labute approximate surface area is 253 Å². The first-order valence-corrected chi connectivity index (χ1v) is 14.9. The summed E-state index contributed by atoms with van der Waals surface area (Å²) in [5.74, 6) is 0.0623. The van der Waals surface area contributed by atoms with E-state index in [2.05, 4.69) is 41.7 Å². The van der Waals surface area contributed by atoms with E-state index in [1.807, 2.05) is 55.5 Å². The zero-order valence-corrected chi connectivity index (χ0v) is 24.4. The highest BCUT2D eigenvalue weighted by molar-refractivity contribution is 7.15. The number of aryl methyl sites for hydroxylation is 1. The van der Waals surface area contributed by atoms with Crippen LogP contribution in [0.1, 0.15) is 33.8 Å². The molecule has 2 N–H and O–H groups in total. The van der Waals surface area contributed by atoms with Crippen LogP contribution in [-0.2, 0) is 11.4 Å². The van der Waals surface area contributed by atoms with Gasteiger partial charge in [0.15, 0.2) is 6.61 Å². The minimum Gasteiger partial charge on any atom is -0.486 e. The third-order valence-corrected chi connectivity index (χ3v) is 8.20. The van der Waals surface area contributed by atoms with Gasteiger partial charge in [-0.15, -0.1) is 11.3 Å². The number of nitrogens with one attached hydrogen (secondary N) is 1. The summed E-state index contributed by atoms with van der Waals surface area (Å²) in [7, 11) is 0. The molecule has 0 unspecified atom stereocenters. The van der Waals surface area contributed by atoms with Gasteiger partial charge in [0.25, 0.3) is 5.91 Å². The molecule has 1 aromatic heterocycles. The van der Waals surface area contributed by atoms with Crippen LogP contribution in [0.3, 0.4) is 0 Å². The van der Waals surface area contributed by atoms with E-state index in [0.717, 1.165) is 56.2 Å². The summed E-state index contributed by atoms with van der Waals surface area (Å²) < 4.78 is 11.4. The predicted octanol–water partition coefficient (Wildman–Crippen LogP) is 7.39. The van der Waals surface area contributed by atoms with E-state index >= 15 is 0 Å². The number of ether oxygens (including phenoxy) is 2. The van der Waals surface area contributed by atoms with Crippen molar-refractivity contribution in [3.8, 4) is 44.3 Å². The first kappa shape index (κ1) is 28.2. The first-order valence-electron chi connectivity index (χ1n) is 14.1. The number of carboxylic acids is 1. The summed E-state index contributed by atoms with van der Waals surface area (Å²) >= 11 is 1.57. The number of aromatic nitrogens is 1. The van der Waals surface area contributed by atoms with Crippen LogP contribution in [0.25, 0.3) is 32.8 Å². The number of amides is 1. The van der Waals surface area contributed by atoms with Crippen LogP contribution in [0.15, 0.2) is 97.1 Å². The molecule has 5 aromatic rings. The second-order valence-corrected chi connectivity index (χ2v) is 11.5. The van der Waals surface area contributed by atoms with E-state index in [1.54, 1.807) is 23.5 Å². The van der Waals surface area contributed by atoms with Gasteiger partial charge in [0.2, 0.25) is 0 Å². The third kappa shape index (κ3) is 6.93. The molecule has 1 aliphatic rings. The molecule has 1 amide bonds. The standard InChI is InChI=1S/C35H30N2O5S/c1-22-19-29(17-18-30(22)42-21-32(38)39)41-20-31-37-33(25-9-13-27(14-10-25)35(40)36-28-15-16-28)34(43-31)26-11-7-24(8-12-26)23-5-3-2-4-6-23/h2-14,17-19,28H,15-16,20-21H2,1H3,(H,36,40)(H,38,39). The molecule has 43 heavy (non-hydrogen) atoms. The van der Waals surface area contributed by atoms with Crippen LogP contribution in [0.4, 0.5) is 0 Å². The van der Waals surface area contributed by atoms with E-state index in [1.165, 1.54) is 0 Å². The Morgan fingerprint density at radius 3 is 2.21 bits per heavy atom. The van der Waals surface area contributed by atoms with Crippen molar-refractivity contribution in [3.63, 3.8) is 0 Å². The molecular weight excluding hydrogens is 560 g/mol. The molecule has 1 saturated carbocycles. The molecule has 0 atom stereocenters. The summed E-state index contributed by atoms with van der Waals surface area (Å²) in [6.45, 7) is 1.71. The molecule has 6 rings (SSSR count). The average molecular weight is 591 g/mol. The van der Waals surface area contributed by atoms with Crippen molar-refractivity contribution < 1.29 is 24.2 Å². The maximum Gasteiger partial charge on any atom is 0.341 e. The molecule has 1 heterocycles. The number of carbonyl (C=O) groups is 2. The van der Waals surface area contributed by atoms with Crippen LogP contribution in [0, 0.1) is 6.92 Å². The Kier molecular flexibility index (Phi) is 8.20. The van der Waals surface area contributed by atoms with Gasteiger partial charge in [-0.1, -0.05) is 66.7 Å². The highest BCUT2D eigenvalue weighted by Gasteiger charge is 2.24. The minimum absolute atomic E-state index is 0.0483. The Hall–Kier alpha value is -4.95. The summed E-state index contributed by atoms with van der Waals surface area (Å²) in [4.78, 5) is 29.4. The molecular formula is C35H30N2O5S. The number of aliphatic carboxylic acids is 1. The molecule has 1 fully saturated rings. The number of hydrogen-bond acceptors (Lipinski definition) is 6. The number of hydrogen-bond donors (Lipinski definition) is 2. The van der Waals surface area contributed by atoms with Crippen molar-refractivity contribution in [3.05, 3.63) is 113 Å². The van der Waals surface area contributed by atoms with Crippen LogP contribution in [0.5, 0.6) is 11.5 Å². The van der Waals surface area contributed by atoms with Gasteiger partial charge in [-0.05, 0) is 72.4 Å². The number of nitrogens with zero attached hydrogens (tertiary/aromatic N) is 1. The SMILES string of the molecule is Cc1cc(OCc2nc(-c3ccc(C(=O)NC4CC4)cc3)c(-c3ccc(-c4ccccc4)cc3)s2)ccc1OCC(=O)O. The zero-order chi connectivity index (χ0) is 29.8. The number of carboxylic acid groups (broad SMARTS) is 1. The summed E-state index contributed by atoms with van der Waals surface area (Å²) in [5, 5.41) is 12.7. The fourth-order valence-electron chi connectivity index (χ4n) is 4.70. The number of benzene rings is 4. The summed E-state index contributed by atoms with van der Waals surface area (Å²) in [6, 6.07) is 31.9. The largest absolute Gasteiger partial charge is 0.486 e. The maximum absolute atomic E-state index is 12.5. The Morgan fingerprint density at radius 2 is 1.53 bits per heavy atom. The lowest BCUT2D eigenvalue weighted by Gasteiger charge is -2.09. The quantitative estimate of drug-likeness (QED) is 0.167. The minimum atomic E-state index is -1.03. The van der Waals surface area contributed by atoms with E-state index in [-0.39, 0.29) is 12.5 Å². The topological polar surface area (TPSA) is 97.8 Å². The molecule has 0 bridgehead atoms. The van der Waals surface area contributed by atoms with Gasteiger partial charge in [-0.25, -0.2) is 9.78 Å². The maximum atomic E-state index is 12.5. The normalized spacial score (nSPS) is 12.5. The molecule has 216 valence electrons. The number of carbonyl (C=O) groups excluding carboxylic acids is 1. The molecule has 0 spiro atoms. The predicted molar refractivity (Wildman–Crippen MR) is 168 cm³/mol. The van der Waals surface area contributed by atoms with Crippen LogP contribution >= 0.6 is 11.3 Å². The van der Waals surface area contributed by atoms with Crippen LogP contribution in [-0.4, -0.2) is 34.6 Å². The van der Waals surface area contributed by atoms with E-state index in [4.69, 9.17) is 19.6 Å². The second kappa shape index (κ2) is 12.5. The lowest BCUT2D eigenvalue weighted by molar-refractivity contribution is -0.139. The van der Waals surface area contributed by atoms with Crippen LogP contribution in [0.2, 0.25) is 0 Å². The molecule has 0 saturated heterocycles. The van der Waals surface area contributed by atoms with Gasteiger partial charge in [0.1, 0.15) is 23.1 Å². The van der Waals surface area contributed by atoms with Gasteiger partial charge in [-0.2, -0.15) is 0 Å². The average Bonchev–Trinajstić information content (AvgIpc) is 3.75. The Morgan fingerprint density at radius 1 is 0.860 bits per heavy atom. The first-order chi connectivity index (χ1) is 20.9. The lowest BCUT2D eigenvalue weighted by Crippen LogP contribution is -2.25. The summed E-state index contributed by atoms with van der Waals surface area (Å²) in [6.07, 6.45) is 2.09. The van der Waals surface area contributed by atoms with Gasteiger partial charge >= 0.3 is 5.97 Å². The highest BCUT2D eigenvalue weighted by atomic mass is 32.1. The van der Waals surface area contributed by atoms with Gasteiger partial charge in [-0.3, -0.25) is 4.79 Å². The Balaban J connectivity index is 1.26. The lowest BCUT2D eigenvalue weighted by atomic mass is 10.0. The van der Waals surface area contributed by atoms with E-state index in [0.29, 0.717) is 23.1 Å². The Bertz CT molecular complexity index is 1740. The molecule has 4 aromatic carbocycles. The monoisotopic (exact) mass is 590 g/mol. The van der Waals surface area contributed by atoms with Gasteiger partial charge in [0.05, 0.1) is 10.6 Å². The van der Waals surface area contributed by atoms with Gasteiger partial charge < -0.3 is 19.9 Å². The number of rotatable bonds is 11. The second-order valence-electron chi connectivity index (χ2n) is 10.5. The summed E-state index contributed by atoms with van der Waals surface area (Å²) in [5.41, 5.74) is 6.50. The fourth-order valence-corrected chi connectivity index (χ4v) is 5.70. The molecule has 1 aliphatic carbocycles. The van der Waals surface area contributed by atoms with Crippen LogP contribution < -0.4 is 14.8 Å². The van der Waals surface area contributed by atoms with Crippen molar-refractivity contribution >= 4 is 23.2 Å². The molecule has 7 nitrogen and oxygen atoms in total. The smallest absolute Gasteiger partial charge is 0.341 e. The van der Waals surface area contributed by atoms with Gasteiger partial charge in [0, 0.05) is 17.2 Å². The van der Waals surface area contributed by atoms with Crippen molar-refractivity contribution in [1.82, 2.24) is 10.3 Å². The fraction of sp³-hybridized carbons (Fsp3) is 0.171. The molecule has 0 radical (unpaired) electrons. The number of thiazole rings is 1. The van der Waals surface area contributed by atoms with E-state index in [9.17, 15) is 9.59 Å². The zero-order valence-electron chi connectivity index (χ0n) is 23.6.